The predicted molar refractivity (Wildman–Crippen MR) is 58.2 cm³/mol. The van der Waals surface area contributed by atoms with Crippen LogP contribution in [0.2, 0.25) is 0 Å². The van der Waals surface area contributed by atoms with E-state index in [9.17, 15) is 0 Å². The fourth-order valence-corrected chi connectivity index (χ4v) is 2.33. The second-order valence-corrected chi connectivity index (χ2v) is 4.32. The minimum absolute atomic E-state index is 0. The Bertz CT molecular complexity index is 477. The summed E-state index contributed by atoms with van der Waals surface area (Å²) in [6.07, 6.45) is 0. The van der Waals surface area contributed by atoms with Crippen molar-refractivity contribution in [3.05, 3.63) is 22.2 Å². The van der Waals surface area contributed by atoms with Crippen LogP contribution in [0.25, 0.3) is 10.2 Å². The first-order valence-electron chi connectivity index (χ1n) is 4.05. The van der Waals surface area contributed by atoms with Crippen LogP contribution in [-0.2, 0) is 17.1 Å². The van der Waals surface area contributed by atoms with Crippen molar-refractivity contribution in [2.45, 2.75) is 6.92 Å². The van der Waals surface area contributed by atoms with Crippen molar-refractivity contribution in [2.24, 2.45) is 0 Å². The molecule has 1 aromatic heterocycles. The molecule has 0 atom stereocenters. The van der Waals surface area contributed by atoms with E-state index in [0.717, 1.165) is 19.9 Å². The molecule has 0 aliphatic rings. The van der Waals surface area contributed by atoms with Gasteiger partial charge < -0.3 is 9.72 Å². The standard InChI is InChI=1S/C9H9NOS2.Cu/c1-2-11-6-3-4-7-8(5-6)13-9(12)10-7;/h3-5H,2H2,1H3,(H,10,12);. The zero-order valence-corrected chi connectivity index (χ0v) is 10.0. The number of benzene rings is 1. The second kappa shape index (κ2) is 4.94. The number of nitrogens with one attached hydrogen (secondary N) is 1. The van der Waals surface area contributed by atoms with Crippen LogP contribution in [0.4, 0.5) is 0 Å². The smallest absolute Gasteiger partial charge is 0.159 e. The topological polar surface area (TPSA) is 25.0 Å². The Morgan fingerprint density at radius 2 is 2.29 bits per heavy atom. The maximum absolute atomic E-state index is 5.38. The van der Waals surface area contributed by atoms with Gasteiger partial charge >= 0.3 is 0 Å². The van der Waals surface area contributed by atoms with Gasteiger partial charge in [-0.1, -0.05) is 0 Å². The predicted octanol–water partition coefficient (Wildman–Crippen LogP) is 3.36. The van der Waals surface area contributed by atoms with E-state index in [0.29, 0.717) is 6.61 Å². The van der Waals surface area contributed by atoms with Crippen LogP contribution in [0.1, 0.15) is 6.92 Å². The number of aromatic amines is 1. The molecule has 0 saturated heterocycles. The van der Waals surface area contributed by atoms with E-state index in [4.69, 9.17) is 17.0 Å². The van der Waals surface area contributed by atoms with Crippen LogP contribution in [-0.4, -0.2) is 11.6 Å². The summed E-state index contributed by atoms with van der Waals surface area (Å²) in [5.41, 5.74) is 1.08. The number of aromatic nitrogens is 1. The van der Waals surface area contributed by atoms with Crippen LogP contribution in [0.15, 0.2) is 18.2 Å². The minimum Gasteiger partial charge on any atom is -0.494 e. The Hall–Kier alpha value is -0.351. The third-order valence-corrected chi connectivity index (χ3v) is 2.90. The SMILES string of the molecule is CCOc1ccc2[nH]c(=S)sc2c1.[Cu]. The minimum atomic E-state index is 0. The molecule has 0 aliphatic heterocycles. The Balaban J connectivity index is 0.000000980. The van der Waals surface area contributed by atoms with Gasteiger partial charge in [0.15, 0.2) is 3.95 Å². The number of hydrogen-bond donors (Lipinski definition) is 1. The van der Waals surface area contributed by atoms with Crippen LogP contribution < -0.4 is 4.74 Å². The quantitative estimate of drug-likeness (QED) is 0.671. The molecule has 79 valence electrons. The van der Waals surface area contributed by atoms with E-state index >= 15 is 0 Å². The summed E-state index contributed by atoms with van der Waals surface area (Å²) in [6.45, 7) is 2.67. The molecule has 1 heterocycles. The van der Waals surface area contributed by atoms with E-state index in [1.54, 1.807) is 11.3 Å². The third-order valence-electron chi connectivity index (χ3n) is 1.70. The molecule has 0 saturated carbocycles. The van der Waals surface area contributed by atoms with Gasteiger partial charge in [0.1, 0.15) is 5.75 Å². The number of rotatable bonds is 2. The molecule has 2 aromatic rings. The summed E-state index contributed by atoms with van der Waals surface area (Å²) in [5, 5.41) is 0. The van der Waals surface area contributed by atoms with Crippen molar-refractivity contribution >= 4 is 33.8 Å². The molecule has 1 aromatic carbocycles. The van der Waals surface area contributed by atoms with Gasteiger partial charge in [0.25, 0.3) is 0 Å². The van der Waals surface area contributed by atoms with E-state index in [1.165, 1.54) is 0 Å². The van der Waals surface area contributed by atoms with Gasteiger partial charge in [-0.25, -0.2) is 0 Å². The Kier molecular flexibility index (Phi) is 4.13. The van der Waals surface area contributed by atoms with Gasteiger partial charge in [-0.05, 0) is 37.3 Å². The average molecular weight is 275 g/mol. The summed E-state index contributed by atoms with van der Waals surface area (Å²) in [5.74, 6) is 0.903. The number of hydrogen-bond acceptors (Lipinski definition) is 3. The number of H-pyrrole nitrogens is 1. The van der Waals surface area contributed by atoms with Crippen LogP contribution in [0.3, 0.4) is 0 Å². The van der Waals surface area contributed by atoms with Crippen LogP contribution in [0.5, 0.6) is 5.75 Å². The van der Waals surface area contributed by atoms with Crippen molar-refractivity contribution in [3.8, 4) is 5.75 Å². The molecule has 14 heavy (non-hydrogen) atoms. The summed E-state index contributed by atoms with van der Waals surface area (Å²) in [4.78, 5) is 3.11. The van der Waals surface area contributed by atoms with E-state index in [2.05, 4.69) is 4.98 Å². The molecule has 0 unspecified atom stereocenters. The monoisotopic (exact) mass is 274 g/mol. The van der Waals surface area contributed by atoms with Gasteiger partial charge in [-0.15, -0.1) is 11.3 Å². The summed E-state index contributed by atoms with van der Waals surface area (Å²) in [6, 6.07) is 5.95. The summed E-state index contributed by atoms with van der Waals surface area (Å²) in [7, 11) is 0. The average Bonchev–Trinajstić information content (AvgIpc) is 2.44. The molecule has 2 nitrogen and oxygen atoms in total. The summed E-state index contributed by atoms with van der Waals surface area (Å²) < 4.78 is 7.34. The van der Waals surface area contributed by atoms with Gasteiger partial charge in [0.2, 0.25) is 0 Å². The summed E-state index contributed by atoms with van der Waals surface area (Å²) >= 11 is 6.61. The van der Waals surface area contributed by atoms with Crippen LogP contribution in [0, 0.1) is 3.95 Å². The van der Waals surface area contributed by atoms with E-state index < -0.39 is 0 Å². The Labute approximate surface area is 102 Å². The zero-order chi connectivity index (χ0) is 9.26. The third kappa shape index (κ3) is 2.36. The zero-order valence-electron chi connectivity index (χ0n) is 7.47. The van der Waals surface area contributed by atoms with E-state index in [-0.39, 0.29) is 17.1 Å². The van der Waals surface area contributed by atoms with E-state index in [1.807, 2.05) is 25.1 Å². The maximum atomic E-state index is 5.38. The van der Waals surface area contributed by atoms with Crippen molar-refractivity contribution < 1.29 is 21.8 Å². The number of thiazole rings is 1. The molecule has 1 radical (unpaired) electrons. The molecule has 0 amide bonds. The fraction of sp³-hybridized carbons (Fsp3) is 0.222. The molecule has 0 bridgehead atoms. The van der Waals surface area contributed by atoms with Crippen molar-refractivity contribution in [3.63, 3.8) is 0 Å². The van der Waals surface area contributed by atoms with Crippen molar-refractivity contribution in [1.82, 2.24) is 4.98 Å². The molecule has 0 fully saturated rings. The van der Waals surface area contributed by atoms with Crippen molar-refractivity contribution in [1.29, 1.82) is 0 Å². The molecule has 0 spiro atoms. The first-order chi connectivity index (χ1) is 6.29. The normalized spacial score (nSPS) is 9.79. The first kappa shape index (κ1) is 11.7. The molecule has 0 aliphatic carbocycles. The van der Waals surface area contributed by atoms with Crippen LogP contribution >= 0.6 is 23.6 Å². The maximum Gasteiger partial charge on any atom is 0.159 e. The number of ether oxygens (including phenoxy) is 1. The molecular formula is C9H9CuNOS2. The van der Waals surface area contributed by atoms with Gasteiger partial charge in [-0.3, -0.25) is 0 Å². The van der Waals surface area contributed by atoms with Gasteiger partial charge in [0, 0.05) is 17.1 Å². The fourth-order valence-electron chi connectivity index (χ4n) is 1.18. The second-order valence-electron chi connectivity index (χ2n) is 2.61. The Morgan fingerprint density at radius 1 is 1.50 bits per heavy atom. The first-order valence-corrected chi connectivity index (χ1v) is 5.28. The molecule has 1 N–H and O–H groups in total. The molecular weight excluding hydrogens is 266 g/mol. The van der Waals surface area contributed by atoms with Crippen molar-refractivity contribution in [2.75, 3.05) is 6.61 Å². The molecule has 5 heteroatoms. The number of fused-ring (bicyclic) bond motifs is 1. The van der Waals surface area contributed by atoms with Gasteiger partial charge in [0.05, 0.1) is 16.8 Å². The Morgan fingerprint density at radius 3 is 3.00 bits per heavy atom. The molecule has 2 rings (SSSR count). The largest absolute Gasteiger partial charge is 0.494 e. The van der Waals surface area contributed by atoms with Gasteiger partial charge in [-0.2, -0.15) is 0 Å².